The number of carbonyl (C=O) groups excluding carboxylic acids is 2. The smallest absolute Gasteiger partial charge is 0.261 e. The summed E-state index contributed by atoms with van der Waals surface area (Å²) in [5.74, 6) is -0.0208. The van der Waals surface area contributed by atoms with Crippen LogP contribution in [0.1, 0.15) is 30.6 Å². The van der Waals surface area contributed by atoms with E-state index in [0.717, 1.165) is 13.0 Å². The molecule has 0 aromatic heterocycles. The number of benzene rings is 2. The van der Waals surface area contributed by atoms with Gasteiger partial charge in [-0.1, -0.05) is 18.2 Å². The second-order valence-corrected chi connectivity index (χ2v) is 9.67. The number of carbonyl (C=O) groups is 2. The summed E-state index contributed by atoms with van der Waals surface area (Å²) < 4.78 is 27.7. The molecule has 1 N–H and O–H groups in total. The Morgan fingerprint density at radius 3 is 2.21 bits per heavy atom. The van der Waals surface area contributed by atoms with Crippen molar-refractivity contribution < 1.29 is 18.0 Å². The van der Waals surface area contributed by atoms with E-state index in [-0.39, 0.29) is 16.7 Å². The molecule has 2 aromatic carbocycles. The molecule has 2 amide bonds. The first kappa shape index (κ1) is 24.7. The zero-order chi connectivity index (χ0) is 23.8. The Kier molecular flexibility index (Phi) is 8.46. The number of likely N-dealkylation sites (N-methyl/N-ethyl adjacent to an activating group) is 1. The van der Waals surface area contributed by atoms with Crippen LogP contribution < -0.4 is 4.72 Å². The number of anilines is 1. The highest BCUT2D eigenvalue weighted by Crippen LogP contribution is 2.17. The predicted molar refractivity (Wildman–Crippen MR) is 129 cm³/mol. The molecule has 0 unspecified atom stereocenters. The first-order valence-corrected chi connectivity index (χ1v) is 12.8. The molecular formula is C24H32N4O4S. The fraction of sp³-hybridized carbons (Fsp3) is 0.417. The molecule has 0 aliphatic carbocycles. The highest BCUT2D eigenvalue weighted by Gasteiger charge is 2.23. The minimum absolute atomic E-state index is 0.0971. The van der Waals surface area contributed by atoms with Gasteiger partial charge in [-0.25, -0.2) is 8.42 Å². The molecule has 1 aliphatic rings. The van der Waals surface area contributed by atoms with Crippen molar-refractivity contribution >= 4 is 27.5 Å². The normalized spacial score (nSPS) is 15.0. The number of para-hydroxylation sites is 1. The summed E-state index contributed by atoms with van der Waals surface area (Å²) in [6.07, 6.45) is 0.782. The number of nitrogens with zero attached hydrogens (tertiary/aromatic N) is 3. The summed E-state index contributed by atoms with van der Waals surface area (Å²) in [4.78, 5) is 31.2. The number of rotatable bonds is 8. The van der Waals surface area contributed by atoms with E-state index in [1.165, 1.54) is 12.1 Å². The molecule has 0 atom stereocenters. The minimum Gasteiger partial charge on any atom is -0.342 e. The lowest BCUT2D eigenvalue weighted by atomic mass is 10.2. The van der Waals surface area contributed by atoms with Crippen molar-refractivity contribution in [3.8, 4) is 0 Å². The Labute approximate surface area is 196 Å². The van der Waals surface area contributed by atoms with Gasteiger partial charge in [0.15, 0.2) is 0 Å². The lowest BCUT2D eigenvalue weighted by Crippen LogP contribution is -2.42. The zero-order valence-corrected chi connectivity index (χ0v) is 20.1. The minimum atomic E-state index is -3.73. The fourth-order valence-electron chi connectivity index (χ4n) is 3.88. The third-order valence-electron chi connectivity index (χ3n) is 5.79. The van der Waals surface area contributed by atoms with E-state index < -0.39 is 10.0 Å². The Balaban J connectivity index is 1.60. The van der Waals surface area contributed by atoms with Gasteiger partial charge < -0.3 is 9.80 Å². The van der Waals surface area contributed by atoms with Gasteiger partial charge in [-0.2, -0.15) is 0 Å². The van der Waals surface area contributed by atoms with E-state index in [9.17, 15) is 18.0 Å². The number of sulfonamides is 1. The summed E-state index contributed by atoms with van der Waals surface area (Å²) in [5.41, 5.74) is 0.924. The lowest BCUT2D eigenvalue weighted by molar-refractivity contribution is -0.132. The molecule has 0 spiro atoms. The average molecular weight is 473 g/mol. The second kappa shape index (κ2) is 11.3. The van der Waals surface area contributed by atoms with Crippen molar-refractivity contribution in [2.24, 2.45) is 0 Å². The first-order chi connectivity index (χ1) is 15.8. The number of hydrogen-bond donors (Lipinski definition) is 1. The van der Waals surface area contributed by atoms with Crippen LogP contribution in [-0.4, -0.2) is 80.7 Å². The molecule has 0 bridgehead atoms. The molecule has 1 saturated heterocycles. The van der Waals surface area contributed by atoms with Crippen LogP contribution in [0.4, 0.5) is 5.69 Å². The monoisotopic (exact) mass is 472 g/mol. The maximum absolute atomic E-state index is 13.0. The lowest BCUT2D eigenvalue weighted by Gasteiger charge is -2.25. The van der Waals surface area contributed by atoms with Gasteiger partial charge in [-0.05, 0) is 56.7 Å². The van der Waals surface area contributed by atoms with Crippen molar-refractivity contribution in [3.05, 3.63) is 60.2 Å². The quantitative estimate of drug-likeness (QED) is 0.638. The van der Waals surface area contributed by atoms with E-state index in [1.54, 1.807) is 41.3 Å². The van der Waals surface area contributed by atoms with Gasteiger partial charge >= 0.3 is 0 Å². The van der Waals surface area contributed by atoms with Crippen LogP contribution in [0.3, 0.4) is 0 Å². The fourth-order valence-corrected chi connectivity index (χ4v) is 4.94. The van der Waals surface area contributed by atoms with E-state index in [4.69, 9.17) is 0 Å². The van der Waals surface area contributed by atoms with Crippen LogP contribution in [0.15, 0.2) is 59.5 Å². The summed E-state index contributed by atoms with van der Waals surface area (Å²) in [7, 11) is -3.73. The molecule has 3 rings (SSSR count). The van der Waals surface area contributed by atoms with Crippen LogP contribution in [0.25, 0.3) is 0 Å². The Hall–Kier alpha value is -2.91. The SMILES string of the molecule is CCN(CC)C(=O)CN1CCCN(C(=O)c2ccc(S(=O)(=O)Nc3ccccc3)cc2)CC1. The second-order valence-electron chi connectivity index (χ2n) is 7.98. The highest BCUT2D eigenvalue weighted by molar-refractivity contribution is 7.92. The van der Waals surface area contributed by atoms with Crippen molar-refractivity contribution in [2.75, 3.05) is 50.5 Å². The molecule has 33 heavy (non-hydrogen) atoms. The summed E-state index contributed by atoms with van der Waals surface area (Å²) >= 11 is 0. The Bertz CT molecular complexity index is 1040. The van der Waals surface area contributed by atoms with Gasteiger partial charge in [0.1, 0.15) is 0 Å². The third kappa shape index (κ3) is 6.55. The van der Waals surface area contributed by atoms with Crippen LogP contribution >= 0.6 is 0 Å². The topological polar surface area (TPSA) is 90.0 Å². The molecule has 0 saturated carbocycles. The van der Waals surface area contributed by atoms with Crippen LogP contribution in [0.2, 0.25) is 0 Å². The molecular weight excluding hydrogens is 440 g/mol. The van der Waals surface area contributed by atoms with Gasteiger partial charge in [0.05, 0.1) is 11.4 Å². The van der Waals surface area contributed by atoms with Crippen molar-refractivity contribution in [2.45, 2.75) is 25.2 Å². The van der Waals surface area contributed by atoms with E-state index in [1.807, 2.05) is 24.8 Å². The van der Waals surface area contributed by atoms with E-state index in [2.05, 4.69) is 9.62 Å². The standard InChI is InChI=1S/C24H32N4O4S/c1-3-27(4-2)23(29)19-26-15-8-16-28(18-17-26)24(30)20-11-13-22(14-12-20)33(31,32)25-21-9-6-5-7-10-21/h5-7,9-14,25H,3-4,8,15-19H2,1-2H3. The average Bonchev–Trinajstić information content (AvgIpc) is 3.05. The van der Waals surface area contributed by atoms with Crippen LogP contribution in [0, 0.1) is 0 Å². The summed E-state index contributed by atoms with van der Waals surface area (Å²) in [6.45, 7) is 8.22. The Morgan fingerprint density at radius 1 is 0.909 bits per heavy atom. The molecule has 8 nitrogen and oxygen atoms in total. The largest absolute Gasteiger partial charge is 0.342 e. The number of hydrogen-bond acceptors (Lipinski definition) is 5. The predicted octanol–water partition coefficient (Wildman–Crippen LogP) is 2.50. The van der Waals surface area contributed by atoms with Crippen molar-refractivity contribution in [3.63, 3.8) is 0 Å². The summed E-state index contributed by atoms with van der Waals surface area (Å²) in [5, 5.41) is 0. The van der Waals surface area contributed by atoms with Gasteiger partial charge in [0.2, 0.25) is 5.91 Å². The van der Waals surface area contributed by atoms with E-state index >= 15 is 0 Å². The van der Waals surface area contributed by atoms with Gasteiger partial charge in [0, 0.05) is 50.5 Å². The summed E-state index contributed by atoms with van der Waals surface area (Å²) in [6, 6.07) is 14.7. The van der Waals surface area contributed by atoms with Gasteiger partial charge in [-0.15, -0.1) is 0 Å². The molecule has 2 aromatic rings. The molecule has 0 radical (unpaired) electrons. The molecule has 1 heterocycles. The van der Waals surface area contributed by atoms with Gasteiger partial charge in [-0.3, -0.25) is 19.2 Å². The van der Waals surface area contributed by atoms with Crippen molar-refractivity contribution in [1.29, 1.82) is 0 Å². The van der Waals surface area contributed by atoms with Crippen LogP contribution in [0.5, 0.6) is 0 Å². The molecule has 9 heteroatoms. The molecule has 1 aliphatic heterocycles. The van der Waals surface area contributed by atoms with Crippen LogP contribution in [-0.2, 0) is 14.8 Å². The zero-order valence-electron chi connectivity index (χ0n) is 19.2. The first-order valence-electron chi connectivity index (χ1n) is 11.3. The van der Waals surface area contributed by atoms with Gasteiger partial charge in [0.25, 0.3) is 15.9 Å². The maximum atomic E-state index is 13.0. The maximum Gasteiger partial charge on any atom is 0.261 e. The number of nitrogens with one attached hydrogen (secondary N) is 1. The number of amides is 2. The van der Waals surface area contributed by atoms with Crippen molar-refractivity contribution in [1.82, 2.24) is 14.7 Å². The molecule has 1 fully saturated rings. The Morgan fingerprint density at radius 2 is 1.58 bits per heavy atom. The highest BCUT2D eigenvalue weighted by atomic mass is 32.2. The third-order valence-corrected chi connectivity index (χ3v) is 7.19. The molecule has 178 valence electrons. The van der Waals surface area contributed by atoms with E-state index in [0.29, 0.717) is 50.5 Å².